The van der Waals surface area contributed by atoms with Gasteiger partial charge in [-0.2, -0.15) is 0 Å². The van der Waals surface area contributed by atoms with E-state index in [0.29, 0.717) is 23.7 Å². The van der Waals surface area contributed by atoms with Crippen LogP contribution in [0.25, 0.3) is 6.08 Å². The highest BCUT2D eigenvalue weighted by atomic mass is 79.9. The summed E-state index contributed by atoms with van der Waals surface area (Å²) in [6, 6.07) is 16.4. The lowest BCUT2D eigenvalue weighted by atomic mass is 10.1. The summed E-state index contributed by atoms with van der Waals surface area (Å²) in [6.45, 7) is 2.44. The number of carbonyl (C=O) groups excluding carboxylic acids is 2. The lowest BCUT2D eigenvalue weighted by Gasteiger charge is -2.15. The number of halogens is 2. The highest BCUT2D eigenvalue weighted by Gasteiger charge is 2.33. The number of aromatic carboxylic acids is 1. The molecule has 37 heavy (non-hydrogen) atoms. The highest BCUT2D eigenvalue weighted by molar-refractivity contribution is 9.10. The molecule has 1 saturated heterocycles. The van der Waals surface area contributed by atoms with Crippen LogP contribution >= 0.6 is 27.5 Å². The van der Waals surface area contributed by atoms with Crippen LogP contribution in [0.2, 0.25) is 5.02 Å². The van der Waals surface area contributed by atoms with Crippen LogP contribution in [0.4, 0.5) is 4.79 Å². The molecule has 1 fully saturated rings. The van der Waals surface area contributed by atoms with Crippen molar-refractivity contribution >= 4 is 51.5 Å². The average Bonchev–Trinajstić information content (AvgIpc) is 3.12. The number of urea groups is 1. The van der Waals surface area contributed by atoms with Crippen molar-refractivity contribution in [3.05, 3.63) is 98.1 Å². The van der Waals surface area contributed by atoms with Crippen molar-refractivity contribution in [2.24, 2.45) is 0 Å². The van der Waals surface area contributed by atoms with Crippen LogP contribution in [-0.4, -0.2) is 34.5 Å². The summed E-state index contributed by atoms with van der Waals surface area (Å²) in [5.74, 6) is -0.779. The van der Waals surface area contributed by atoms with E-state index in [4.69, 9.17) is 26.2 Å². The molecule has 0 unspecified atom stereocenters. The molecule has 3 aromatic carbocycles. The molecule has 0 radical (unpaired) electrons. The van der Waals surface area contributed by atoms with Crippen molar-refractivity contribution in [3.8, 4) is 11.5 Å². The van der Waals surface area contributed by atoms with E-state index in [1.54, 1.807) is 24.3 Å². The first-order valence-corrected chi connectivity index (χ1v) is 12.4. The Morgan fingerprint density at radius 1 is 1.05 bits per heavy atom. The summed E-state index contributed by atoms with van der Waals surface area (Å²) < 4.78 is 12.5. The van der Waals surface area contributed by atoms with Crippen LogP contribution in [-0.2, 0) is 17.9 Å². The molecule has 0 spiro atoms. The fourth-order valence-corrected chi connectivity index (χ4v) is 4.17. The van der Waals surface area contributed by atoms with Crippen molar-refractivity contribution in [1.82, 2.24) is 10.2 Å². The SMILES string of the molecule is CCOc1cc(/C=C2/NC(=O)N(Cc3ccc(Br)cc3)C2=O)cc(Cl)c1OCc1ccc(C(=O)O)cc1. The Hall–Kier alpha value is -3.82. The molecular weight excluding hydrogens is 564 g/mol. The van der Waals surface area contributed by atoms with Gasteiger partial charge >= 0.3 is 12.0 Å². The zero-order chi connectivity index (χ0) is 26.5. The lowest BCUT2D eigenvalue weighted by Crippen LogP contribution is -2.30. The summed E-state index contributed by atoms with van der Waals surface area (Å²) in [6.07, 6.45) is 1.53. The van der Waals surface area contributed by atoms with Crippen molar-refractivity contribution < 1.29 is 29.0 Å². The van der Waals surface area contributed by atoms with Crippen LogP contribution in [0.1, 0.15) is 34.0 Å². The smallest absolute Gasteiger partial charge is 0.335 e. The van der Waals surface area contributed by atoms with Crippen LogP contribution in [0.5, 0.6) is 11.5 Å². The molecule has 8 nitrogen and oxygen atoms in total. The fraction of sp³-hybridized carbons (Fsp3) is 0.148. The minimum atomic E-state index is -1.01. The number of amides is 3. The van der Waals surface area contributed by atoms with E-state index in [1.807, 2.05) is 31.2 Å². The molecule has 0 bridgehead atoms. The van der Waals surface area contributed by atoms with Gasteiger partial charge in [-0.15, -0.1) is 0 Å². The van der Waals surface area contributed by atoms with Crippen LogP contribution in [0.3, 0.4) is 0 Å². The van der Waals surface area contributed by atoms with Crippen molar-refractivity contribution in [2.75, 3.05) is 6.61 Å². The van der Waals surface area contributed by atoms with Gasteiger partial charge in [0.1, 0.15) is 12.3 Å². The minimum absolute atomic E-state index is 0.118. The maximum absolute atomic E-state index is 12.9. The van der Waals surface area contributed by atoms with Gasteiger partial charge in [0.2, 0.25) is 0 Å². The number of rotatable bonds is 9. The number of ether oxygens (including phenoxy) is 2. The number of nitrogens with zero attached hydrogens (tertiary/aromatic N) is 1. The Kier molecular flexibility index (Phi) is 8.15. The van der Waals surface area contributed by atoms with Crippen LogP contribution in [0, 0.1) is 0 Å². The first-order valence-electron chi connectivity index (χ1n) is 11.3. The van der Waals surface area contributed by atoms with Gasteiger partial charge < -0.3 is 19.9 Å². The maximum atomic E-state index is 12.9. The van der Waals surface area contributed by atoms with Crippen LogP contribution in [0.15, 0.2) is 70.8 Å². The van der Waals surface area contributed by atoms with Crippen LogP contribution < -0.4 is 14.8 Å². The number of imide groups is 1. The average molecular weight is 586 g/mol. The Morgan fingerprint density at radius 2 is 1.73 bits per heavy atom. The van der Waals surface area contributed by atoms with E-state index in [-0.39, 0.29) is 29.4 Å². The maximum Gasteiger partial charge on any atom is 0.335 e. The number of carbonyl (C=O) groups is 3. The second-order valence-electron chi connectivity index (χ2n) is 8.06. The number of nitrogens with one attached hydrogen (secondary N) is 1. The van der Waals surface area contributed by atoms with E-state index in [9.17, 15) is 14.4 Å². The zero-order valence-electron chi connectivity index (χ0n) is 19.7. The molecular formula is C27H22BrClN2O6. The van der Waals surface area contributed by atoms with Gasteiger partial charge in [0.15, 0.2) is 11.5 Å². The number of carboxylic acid groups (broad SMARTS) is 1. The molecule has 1 heterocycles. The predicted octanol–water partition coefficient (Wildman–Crippen LogP) is 5.87. The van der Waals surface area contributed by atoms with Gasteiger partial charge in [-0.25, -0.2) is 9.59 Å². The standard InChI is InChI=1S/C27H22BrClN2O6/c1-2-36-23-13-18(11-21(29)24(23)37-15-17-3-7-19(8-4-17)26(33)34)12-22-25(32)31(27(35)30-22)14-16-5-9-20(28)10-6-16/h3-13H,2,14-15H2,1H3,(H,30,35)(H,33,34)/b22-12+. The van der Waals surface area contributed by atoms with Crippen molar-refractivity contribution in [3.63, 3.8) is 0 Å². The Morgan fingerprint density at radius 3 is 2.38 bits per heavy atom. The molecule has 2 N–H and O–H groups in total. The van der Waals surface area contributed by atoms with Gasteiger partial charge in [-0.3, -0.25) is 9.69 Å². The molecule has 190 valence electrons. The molecule has 0 aromatic heterocycles. The molecule has 0 atom stereocenters. The Bertz CT molecular complexity index is 1370. The molecule has 3 amide bonds. The summed E-state index contributed by atoms with van der Waals surface area (Å²) in [5.41, 5.74) is 2.40. The Balaban J connectivity index is 1.52. The second-order valence-corrected chi connectivity index (χ2v) is 9.38. The van der Waals surface area contributed by atoms with Gasteiger partial charge in [-0.05, 0) is 66.1 Å². The Labute approximate surface area is 226 Å². The van der Waals surface area contributed by atoms with E-state index in [2.05, 4.69) is 21.2 Å². The monoisotopic (exact) mass is 584 g/mol. The topological polar surface area (TPSA) is 105 Å². The first kappa shape index (κ1) is 26.2. The predicted molar refractivity (Wildman–Crippen MR) is 142 cm³/mol. The number of hydrogen-bond acceptors (Lipinski definition) is 5. The van der Waals surface area contributed by atoms with Gasteiger partial charge in [0, 0.05) is 4.47 Å². The van der Waals surface area contributed by atoms with E-state index in [1.165, 1.54) is 18.2 Å². The largest absolute Gasteiger partial charge is 0.490 e. The van der Waals surface area contributed by atoms with Gasteiger partial charge in [-0.1, -0.05) is 51.8 Å². The molecule has 4 rings (SSSR count). The van der Waals surface area contributed by atoms with Crippen molar-refractivity contribution in [1.29, 1.82) is 0 Å². The third-order valence-electron chi connectivity index (χ3n) is 5.44. The van der Waals surface area contributed by atoms with E-state index in [0.717, 1.165) is 20.5 Å². The normalized spacial score (nSPS) is 14.1. The van der Waals surface area contributed by atoms with Crippen molar-refractivity contribution in [2.45, 2.75) is 20.1 Å². The molecule has 0 saturated carbocycles. The fourth-order valence-electron chi connectivity index (χ4n) is 3.63. The molecule has 1 aliphatic rings. The number of carboxylic acids is 1. The van der Waals surface area contributed by atoms with E-state index >= 15 is 0 Å². The third kappa shape index (κ3) is 6.31. The second kappa shape index (κ2) is 11.5. The molecule has 10 heteroatoms. The summed E-state index contributed by atoms with van der Waals surface area (Å²) in [5, 5.41) is 11.9. The molecule has 1 aliphatic heterocycles. The van der Waals surface area contributed by atoms with E-state index < -0.39 is 17.9 Å². The minimum Gasteiger partial charge on any atom is -0.490 e. The molecule has 3 aromatic rings. The zero-order valence-corrected chi connectivity index (χ0v) is 22.0. The highest BCUT2D eigenvalue weighted by Crippen LogP contribution is 2.38. The first-order chi connectivity index (χ1) is 17.7. The molecule has 0 aliphatic carbocycles. The van der Waals surface area contributed by atoms with Gasteiger partial charge in [0.05, 0.1) is 23.7 Å². The summed E-state index contributed by atoms with van der Waals surface area (Å²) in [4.78, 5) is 37.6. The van der Waals surface area contributed by atoms with Gasteiger partial charge in [0.25, 0.3) is 5.91 Å². The lowest BCUT2D eigenvalue weighted by molar-refractivity contribution is -0.123. The third-order valence-corrected chi connectivity index (χ3v) is 6.25. The number of hydrogen-bond donors (Lipinski definition) is 2. The number of benzene rings is 3. The summed E-state index contributed by atoms with van der Waals surface area (Å²) >= 11 is 9.87. The summed E-state index contributed by atoms with van der Waals surface area (Å²) in [7, 11) is 0. The quantitative estimate of drug-likeness (QED) is 0.240.